The lowest BCUT2D eigenvalue weighted by Crippen LogP contribution is -1.94. The third-order valence-electron chi connectivity index (χ3n) is 2.52. The fraction of sp³-hybridized carbons (Fsp3) is 0.143. The lowest BCUT2D eigenvalue weighted by Gasteiger charge is -2.11. The van der Waals surface area contributed by atoms with Crippen LogP contribution in [-0.2, 0) is 0 Å². The van der Waals surface area contributed by atoms with E-state index in [0.29, 0.717) is 11.4 Å². The second-order valence-corrected chi connectivity index (χ2v) is 4.05. The van der Waals surface area contributed by atoms with Crippen molar-refractivity contribution in [2.24, 2.45) is 0 Å². The predicted molar refractivity (Wildman–Crippen MR) is 66.8 cm³/mol. The third kappa shape index (κ3) is 2.56. The van der Waals surface area contributed by atoms with Crippen molar-refractivity contribution in [3.05, 3.63) is 53.3 Å². The topological polar surface area (TPSA) is 35.2 Å². The molecule has 0 aromatic heterocycles. The molecule has 2 aromatic rings. The number of ether oxygens (including phenoxy) is 1. The second kappa shape index (κ2) is 4.45. The van der Waals surface area contributed by atoms with E-state index in [4.69, 9.17) is 10.5 Å². The number of halogens is 1. The minimum Gasteiger partial charge on any atom is -0.455 e. The normalized spacial score (nSPS) is 10.3. The summed E-state index contributed by atoms with van der Waals surface area (Å²) >= 11 is 0. The van der Waals surface area contributed by atoms with Crippen LogP contribution in [0.3, 0.4) is 0 Å². The lowest BCUT2D eigenvalue weighted by molar-refractivity contribution is 0.479. The van der Waals surface area contributed by atoms with Crippen molar-refractivity contribution in [1.29, 1.82) is 0 Å². The zero-order chi connectivity index (χ0) is 12.4. The molecule has 0 aliphatic carbocycles. The Kier molecular flexibility index (Phi) is 3.00. The summed E-state index contributed by atoms with van der Waals surface area (Å²) in [5.41, 5.74) is 8.17. The maximum atomic E-state index is 12.9. The van der Waals surface area contributed by atoms with Crippen molar-refractivity contribution < 1.29 is 9.13 Å². The molecule has 0 spiro atoms. The molecule has 0 unspecified atom stereocenters. The summed E-state index contributed by atoms with van der Waals surface area (Å²) in [4.78, 5) is 0. The first kappa shape index (κ1) is 11.5. The fourth-order valence-corrected chi connectivity index (χ4v) is 1.64. The molecule has 0 saturated carbocycles. The van der Waals surface area contributed by atoms with Crippen molar-refractivity contribution in [1.82, 2.24) is 0 Å². The molecular formula is C14H14FNO. The van der Waals surface area contributed by atoms with Gasteiger partial charge >= 0.3 is 0 Å². The fourth-order valence-electron chi connectivity index (χ4n) is 1.64. The quantitative estimate of drug-likeness (QED) is 0.797. The molecule has 2 rings (SSSR count). The van der Waals surface area contributed by atoms with Crippen molar-refractivity contribution >= 4 is 5.69 Å². The van der Waals surface area contributed by atoms with Crippen LogP contribution in [0.15, 0.2) is 36.4 Å². The van der Waals surface area contributed by atoms with Crippen LogP contribution in [0.25, 0.3) is 0 Å². The van der Waals surface area contributed by atoms with Gasteiger partial charge in [-0.2, -0.15) is 0 Å². The van der Waals surface area contributed by atoms with Crippen LogP contribution in [0.1, 0.15) is 11.1 Å². The van der Waals surface area contributed by atoms with Crippen molar-refractivity contribution in [3.63, 3.8) is 0 Å². The molecule has 0 radical (unpaired) electrons. The smallest absolute Gasteiger partial charge is 0.150 e. The van der Waals surface area contributed by atoms with Crippen molar-refractivity contribution in [2.45, 2.75) is 13.8 Å². The molecule has 0 fully saturated rings. The van der Waals surface area contributed by atoms with Gasteiger partial charge in [0.25, 0.3) is 0 Å². The zero-order valence-corrected chi connectivity index (χ0v) is 9.83. The van der Waals surface area contributed by atoms with Gasteiger partial charge in [-0.15, -0.1) is 0 Å². The highest BCUT2D eigenvalue weighted by atomic mass is 19.1. The van der Waals surface area contributed by atoms with Gasteiger partial charge in [0, 0.05) is 6.07 Å². The van der Waals surface area contributed by atoms with Crippen LogP contribution in [-0.4, -0.2) is 0 Å². The van der Waals surface area contributed by atoms with Crippen LogP contribution in [0.2, 0.25) is 0 Å². The molecule has 0 bridgehead atoms. The van der Waals surface area contributed by atoms with Crippen LogP contribution >= 0.6 is 0 Å². The Labute approximate surface area is 99.8 Å². The Morgan fingerprint density at radius 3 is 2.35 bits per heavy atom. The maximum Gasteiger partial charge on any atom is 0.150 e. The number of hydrogen-bond acceptors (Lipinski definition) is 2. The molecule has 2 aromatic carbocycles. The highest BCUT2D eigenvalue weighted by Gasteiger charge is 2.05. The molecule has 0 heterocycles. The molecule has 0 saturated heterocycles. The first-order valence-electron chi connectivity index (χ1n) is 5.36. The predicted octanol–water partition coefficient (Wildman–Crippen LogP) is 3.82. The van der Waals surface area contributed by atoms with Gasteiger partial charge in [0.05, 0.1) is 5.69 Å². The molecule has 0 amide bonds. The third-order valence-corrected chi connectivity index (χ3v) is 2.52. The molecule has 0 aliphatic heterocycles. The van der Waals surface area contributed by atoms with Gasteiger partial charge < -0.3 is 10.5 Å². The van der Waals surface area contributed by atoms with Gasteiger partial charge in [-0.1, -0.05) is 17.7 Å². The SMILES string of the molecule is Cc1ccc(Oc2ccc(F)cc2N)c(C)c1. The van der Waals surface area contributed by atoms with E-state index in [1.807, 2.05) is 32.0 Å². The molecule has 0 aliphatic rings. The van der Waals surface area contributed by atoms with E-state index in [9.17, 15) is 4.39 Å². The van der Waals surface area contributed by atoms with Gasteiger partial charge in [-0.3, -0.25) is 0 Å². The summed E-state index contributed by atoms with van der Waals surface area (Å²) in [6, 6.07) is 9.97. The number of aryl methyl sites for hydroxylation is 2. The van der Waals surface area contributed by atoms with Crippen LogP contribution in [0.5, 0.6) is 11.5 Å². The molecule has 3 heteroatoms. The monoisotopic (exact) mass is 231 g/mol. The van der Waals surface area contributed by atoms with Gasteiger partial charge in [0.2, 0.25) is 0 Å². The summed E-state index contributed by atoms with van der Waals surface area (Å²) < 4.78 is 18.5. The van der Waals surface area contributed by atoms with Gasteiger partial charge in [0.15, 0.2) is 5.75 Å². The summed E-state index contributed by atoms with van der Waals surface area (Å²) in [5.74, 6) is 0.836. The number of benzene rings is 2. The summed E-state index contributed by atoms with van der Waals surface area (Å²) in [5, 5.41) is 0. The number of rotatable bonds is 2. The number of nitrogens with two attached hydrogens (primary N) is 1. The molecule has 2 N–H and O–H groups in total. The highest BCUT2D eigenvalue weighted by Crippen LogP contribution is 2.30. The summed E-state index contributed by atoms with van der Waals surface area (Å²) in [6.07, 6.45) is 0. The first-order valence-corrected chi connectivity index (χ1v) is 5.36. The Hall–Kier alpha value is -2.03. The Bertz CT molecular complexity index is 502. The maximum absolute atomic E-state index is 12.9. The summed E-state index contributed by atoms with van der Waals surface area (Å²) in [6.45, 7) is 3.98. The Balaban J connectivity index is 2.31. The Morgan fingerprint density at radius 2 is 1.71 bits per heavy atom. The largest absolute Gasteiger partial charge is 0.455 e. The van der Waals surface area contributed by atoms with E-state index in [2.05, 4.69) is 0 Å². The number of hydrogen-bond donors (Lipinski definition) is 1. The van der Waals surface area contributed by atoms with E-state index < -0.39 is 0 Å². The second-order valence-electron chi connectivity index (χ2n) is 4.05. The van der Waals surface area contributed by atoms with E-state index in [1.165, 1.54) is 23.8 Å². The highest BCUT2D eigenvalue weighted by molar-refractivity contribution is 5.54. The number of nitrogen functional groups attached to an aromatic ring is 1. The minimum absolute atomic E-state index is 0.296. The van der Waals surface area contributed by atoms with E-state index in [0.717, 1.165) is 11.3 Å². The minimum atomic E-state index is -0.365. The molecule has 17 heavy (non-hydrogen) atoms. The van der Waals surface area contributed by atoms with E-state index in [-0.39, 0.29) is 5.82 Å². The van der Waals surface area contributed by atoms with Gasteiger partial charge in [-0.25, -0.2) is 4.39 Å². The first-order chi connectivity index (χ1) is 8.06. The molecule has 2 nitrogen and oxygen atoms in total. The molecule has 0 atom stereocenters. The van der Waals surface area contributed by atoms with Crippen molar-refractivity contribution in [2.75, 3.05) is 5.73 Å². The summed E-state index contributed by atoms with van der Waals surface area (Å²) in [7, 11) is 0. The zero-order valence-electron chi connectivity index (χ0n) is 9.83. The lowest BCUT2D eigenvalue weighted by atomic mass is 10.1. The van der Waals surface area contributed by atoms with Crippen LogP contribution < -0.4 is 10.5 Å². The van der Waals surface area contributed by atoms with Crippen LogP contribution in [0, 0.1) is 19.7 Å². The van der Waals surface area contributed by atoms with E-state index >= 15 is 0 Å². The van der Waals surface area contributed by atoms with Crippen LogP contribution in [0.4, 0.5) is 10.1 Å². The van der Waals surface area contributed by atoms with Crippen molar-refractivity contribution in [3.8, 4) is 11.5 Å². The average Bonchev–Trinajstić information content (AvgIpc) is 2.25. The van der Waals surface area contributed by atoms with Gasteiger partial charge in [0.1, 0.15) is 11.6 Å². The standard InChI is InChI=1S/C14H14FNO/c1-9-3-5-13(10(2)7-9)17-14-6-4-11(15)8-12(14)16/h3-8H,16H2,1-2H3. The molecule has 88 valence electrons. The number of anilines is 1. The average molecular weight is 231 g/mol. The van der Waals surface area contributed by atoms with E-state index in [1.54, 1.807) is 0 Å². The molecular weight excluding hydrogens is 217 g/mol. The van der Waals surface area contributed by atoms with Gasteiger partial charge in [-0.05, 0) is 37.6 Å². The Morgan fingerprint density at radius 1 is 1.00 bits per heavy atom.